The number of ether oxygens (including phenoxy) is 1. The Morgan fingerprint density at radius 3 is 2.59 bits per heavy atom. The molecule has 2 N–H and O–H groups in total. The molecule has 0 aromatic heterocycles. The van der Waals surface area contributed by atoms with Crippen molar-refractivity contribution in [3.63, 3.8) is 0 Å². The smallest absolute Gasteiger partial charge is 0.376 e. The maximum atomic E-state index is 13.0. The Hall–Kier alpha value is -1.51. The number of alkyl halides is 3. The molecule has 6 nitrogen and oxygen atoms in total. The summed E-state index contributed by atoms with van der Waals surface area (Å²) >= 11 is 0. The lowest BCUT2D eigenvalue weighted by molar-refractivity contribution is -0.183. The van der Waals surface area contributed by atoms with Gasteiger partial charge in [-0.25, -0.2) is 4.99 Å². The highest BCUT2D eigenvalue weighted by Crippen LogP contribution is 2.37. The SMILES string of the molecule is CN(C)C(=O)CN=C(NCC1CCCCO1)NC1CCCC(C(F)(F)F)C1. The third kappa shape index (κ3) is 7.56. The van der Waals surface area contributed by atoms with Crippen molar-refractivity contribution in [1.29, 1.82) is 0 Å². The first-order valence-corrected chi connectivity index (χ1v) is 9.69. The van der Waals surface area contributed by atoms with Gasteiger partial charge in [-0.2, -0.15) is 13.2 Å². The van der Waals surface area contributed by atoms with Crippen LogP contribution in [0, 0.1) is 5.92 Å². The average Bonchev–Trinajstić information content (AvgIpc) is 2.64. The van der Waals surface area contributed by atoms with Crippen LogP contribution < -0.4 is 10.6 Å². The zero-order valence-electron chi connectivity index (χ0n) is 16.1. The summed E-state index contributed by atoms with van der Waals surface area (Å²) in [4.78, 5) is 17.5. The van der Waals surface area contributed by atoms with E-state index in [9.17, 15) is 18.0 Å². The molecule has 1 saturated heterocycles. The topological polar surface area (TPSA) is 66.0 Å². The Bertz CT molecular complexity index is 505. The monoisotopic (exact) mass is 392 g/mol. The third-order valence-electron chi connectivity index (χ3n) is 5.12. The molecular weight excluding hydrogens is 361 g/mol. The van der Waals surface area contributed by atoms with E-state index in [2.05, 4.69) is 15.6 Å². The highest BCUT2D eigenvalue weighted by atomic mass is 19.4. The minimum atomic E-state index is -4.16. The molecule has 3 unspecified atom stereocenters. The number of halogens is 3. The van der Waals surface area contributed by atoms with Crippen molar-refractivity contribution in [3.8, 4) is 0 Å². The van der Waals surface area contributed by atoms with Gasteiger partial charge in [0.1, 0.15) is 6.54 Å². The maximum absolute atomic E-state index is 13.0. The van der Waals surface area contributed by atoms with Gasteiger partial charge < -0.3 is 20.3 Å². The fourth-order valence-electron chi connectivity index (χ4n) is 3.43. The van der Waals surface area contributed by atoms with Gasteiger partial charge in [-0.3, -0.25) is 4.79 Å². The van der Waals surface area contributed by atoms with Crippen molar-refractivity contribution < 1.29 is 22.7 Å². The fraction of sp³-hybridized carbons (Fsp3) is 0.889. The minimum absolute atomic E-state index is 0.0335. The molecule has 0 aromatic rings. The van der Waals surface area contributed by atoms with Gasteiger partial charge >= 0.3 is 6.18 Å². The fourth-order valence-corrected chi connectivity index (χ4v) is 3.43. The average molecular weight is 392 g/mol. The quantitative estimate of drug-likeness (QED) is 0.557. The molecule has 1 aliphatic carbocycles. The first kappa shape index (κ1) is 21.8. The lowest BCUT2D eigenvalue weighted by Crippen LogP contribution is -2.49. The van der Waals surface area contributed by atoms with Crippen LogP contribution in [0.1, 0.15) is 44.9 Å². The number of guanidine groups is 1. The van der Waals surface area contributed by atoms with E-state index in [4.69, 9.17) is 4.74 Å². The summed E-state index contributed by atoms with van der Waals surface area (Å²) in [5.41, 5.74) is 0. The summed E-state index contributed by atoms with van der Waals surface area (Å²) in [6, 6.07) is -0.307. The third-order valence-corrected chi connectivity index (χ3v) is 5.12. The Kier molecular flexibility index (Phi) is 8.19. The van der Waals surface area contributed by atoms with E-state index in [-0.39, 0.29) is 37.4 Å². The number of nitrogens with zero attached hydrogens (tertiary/aromatic N) is 2. The van der Waals surface area contributed by atoms with E-state index in [1.807, 2.05) is 0 Å². The Labute approximate surface area is 158 Å². The number of amides is 1. The van der Waals surface area contributed by atoms with Gasteiger partial charge in [0.2, 0.25) is 5.91 Å². The van der Waals surface area contributed by atoms with Crippen LogP contribution in [0.2, 0.25) is 0 Å². The molecule has 0 aromatic carbocycles. The summed E-state index contributed by atoms with van der Waals surface area (Å²) in [5, 5.41) is 6.25. The summed E-state index contributed by atoms with van der Waals surface area (Å²) in [5.74, 6) is -1.07. The number of likely N-dealkylation sites (N-methyl/N-ethyl adjacent to an activating group) is 1. The Balaban J connectivity index is 1.95. The molecule has 0 bridgehead atoms. The van der Waals surface area contributed by atoms with E-state index >= 15 is 0 Å². The second kappa shape index (κ2) is 10.1. The van der Waals surface area contributed by atoms with Crippen molar-refractivity contribution in [1.82, 2.24) is 15.5 Å². The molecule has 27 heavy (non-hydrogen) atoms. The van der Waals surface area contributed by atoms with Gasteiger partial charge in [-0.15, -0.1) is 0 Å². The molecule has 2 fully saturated rings. The van der Waals surface area contributed by atoms with Crippen LogP contribution >= 0.6 is 0 Å². The molecule has 156 valence electrons. The standard InChI is InChI=1S/C18H31F3N4O2/c1-25(2)16(26)12-23-17(22-11-15-8-3-4-9-27-15)24-14-7-5-6-13(10-14)18(19,20)21/h13-15H,3-12H2,1-2H3,(H2,22,23,24). The minimum Gasteiger partial charge on any atom is -0.376 e. The summed E-state index contributed by atoms with van der Waals surface area (Å²) in [7, 11) is 3.28. The zero-order chi connectivity index (χ0) is 19.9. The molecule has 1 saturated carbocycles. The molecule has 1 aliphatic heterocycles. The van der Waals surface area contributed by atoms with Gasteiger partial charge in [0.15, 0.2) is 5.96 Å². The number of hydrogen-bond donors (Lipinski definition) is 2. The van der Waals surface area contributed by atoms with Crippen LogP contribution in [0.25, 0.3) is 0 Å². The van der Waals surface area contributed by atoms with Gasteiger partial charge in [-0.05, 0) is 38.5 Å². The summed E-state index contributed by atoms with van der Waals surface area (Å²) < 4.78 is 44.8. The Morgan fingerprint density at radius 1 is 1.19 bits per heavy atom. The summed E-state index contributed by atoms with van der Waals surface area (Å²) in [6.45, 7) is 1.20. The van der Waals surface area contributed by atoms with Crippen LogP contribution in [0.3, 0.4) is 0 Å². The molecule has 1 amide bonds. The van der Waals surface area contributed by atoms with Crippen LogP contribution in [0.5, 0.6) is 0 Å². The summed E-state index contributed by atoms with van der Waals surface area (Å²) in [6.07, 6.45) is 0.382. The normalized spacial score (nSPS) is 27.1. The van der Waals surface area contributed by atoms with E-state index < -0.39 is 12.1 Å². The van der Waals surface area contributed by atoms with Crippen LogP contribution in [-0.4, -0.2) is 68.9 Å². The predicted octanol–water partition coefficient (Wildman–Crippen LogP) is 2.30. The number of rotatable bonds is 5. The van der Waals surface area contributed by atoms with Gasteiger partial charge in [0.05, 0.1) is 12.0 Å². The second-order valence-corrected chi connectivity index (χ2v) is 7.57. The van der Waals surface area contributed by atoms with E-state index in [0.29, 0.717) is 25.3 Å². The first-order chi connectivity index (χ1) is 12.8. The predicted molar refractivity (Wildman–Crippen MR) is 97.5 cm³/mol. The lowest BCUT2D eigenvalue weighted by Gasteiger charge is -2.32. The molecule has 2 aliphatic rings. The largest absolute Gasteiger partial charge is 0.391 e. The number of nitrogens with one attached hydrogen (secondary N) is 2. The van der Waals surface area contributed by atoms with Gasteiger partial charge in [-0.1, -0.05) is 6.42 Å². The van der Waals surface area contributed by atoms with Crippen molar-refractivity contribution in [2.24, 2.45) is 10.9 Å². The zero-order valence-corrected chi connectivity index (χ0v) is 16.1. The lowest BCUT2D eigenvalue weighted by atomic mass is 9.85. The first-order valence-electron chi connectivity index (χ1n) is 9.69. The van der Waals surface area contributed by atoms with Gasteiger partial charge in [0, 0.05) is 33.3 Å². The number of carbonyl (C=O) groups is 1. The van der Waals surface area contributed by atoms with Crippen LogP contribution in [0.15, 0.2) is 4.99 Å². The second-order valence-electron chi connectivity index (χ2n) is 7.57. The molecule has 1 heterocycles. The van der Waals surface area contributed by atoms with Crippen molar-refractivity contribution >= 4 is 11.9 Å². The van der Waals surface area contributed by atoms with Crippen LogP contribution in [0.4, 0.5) is 13.2 Å². The number of aliphatic imine (C=N–C) groups is 1. The number of carbonyl (C=O) groups excluding carboxylic acids is 1. The molecule has 0 spiro atoms. The molecule has 2 rings (SSSR count). The van der Waals surface area contributed by atoms with Crippen molar-refractivity contribution in [3.05, 3.63) is 0 Å². The van der Waals surface area contributed by atoms with Gasteiger partial charge in [0.25, 0.3) is 0 Å². The van der Waals surface area contributed by atoms with Crippen molar-refractivity contribution in [2.75, 3.05) is 33.8 Å². The Morgan fingerprint density at radius 2 is 1.96 bits per heavy atom. The molecule has 3 atom stereocenters. The molecule has 9 heteroatoms. The molecule has 0 radical (unpaired) electrons. The number of hydrogen-bond acceptors (Lipinski definition) is 3. The maximum Gasteiger partial charge on any atom is 0.391 e. The van der Waals surface area contributed by atoms with E-state index in [0.717, 1.165) is 25.9 Å². The van der Waals surface area contributed by atoms with Crippen molar-refractivity contribution in [2.45, 2.75) is 63.3 Å². The highest BCUT2D eigenvalue weighted by Gasteiger charge is 2.42. The highest BCUT2D eigenvalue weighted by molar-refractivity contribution is 5.84. The van der Waals surface area contributed by atoms with E-state index in [1.165, 1.54) is 4.90 Å². The van der Waals surface area contributed by atoms with E-state index in [1.54, 1.807) is 14.1 Å². The van der Waals surface area contributed by atoms with Crippen LogP contribution in [-0.2, 0) is 9.53 Å². The molecular formula is C18H31F3N4O2.